The van der Waals surface area contributed by atoms with E-state index in [0.29, 0.717) is 12.5 Å². The van der Waals surface area contributed by atoms with Crippen molar-refractivity contribution in [2.24, 2.45) is 11.8 Å². The van der Waals surface area contributed by atoms with E-state index >= 15 is 0 Å². The van der Waals surface area contributed by atoms with E-state index in [1.54, 1.807) is 13.8 Å². The van der Waals surface area contributed by atoms with E-state index in [2.05, 4.69) is 0 Å². The van der Waals surface area contributed by atoms with E-state index in [9.17, 15) is 22.8 Å². The lowest BCUT2D eigenvalue weighted by Crippen LogP contribution is -2.52. The SMILES string of the molecule is CC(C)(C)O[C@H]1C[C@@]2(C)O[C@]1(C)[C@@H]1C(=O)N(c3ccc(C#N)c(C(F)(F)F)c3)C(=O)[C@@H]12. The summed E-state index contributed by atoms with van der Waals surface area (Å²) in [7, 11) is 0. The molecule has 5 atom stereocenters. The number of rotatable bonds is 2. The molecule has 1 aromatic carbocycles. The second kappa shape index (κ2) is 6.30. The predicted molar refractivity (Wildman–Crippen MR) is 103 cm³/mol. The van der Waals surface area contributed by atoms with Crippen molar-refractivity contribution < 1.29 is 32.2 Å². The van der Waals surface area contributed by atoms with Crippen LogP contribution in [0.2, 0.25) is 0 Å². The zero-order valence-corrected chi connectivity index (χ0v) is 17.8. The van der Waals surface area contributed by atoms with E-state index in [4.69, 9.17) is 14.7 Å². The van der Waals surface area contributed by atoms with Crippen molar-refractivity contribution in [3.8, 4) is 6.07 Å². The Hall–Kier alpha value is -2.44. The molecular weight excluding hydrogens is 413 g/mol. The Bertz CT molecular complexity index is 1030. The lowest BCUT2D eigenvalue weighted by Gasteiger charge is -2.38. The van der Waals surface area contributed by atoms with Gasteiger partial charge in [-0.25, -0.2) is 4.90 Å². The Morgan fingerprint density at radius 3 is 2.32 bits per heavy atom. The van der Waals surface area contributed by atoms with Crippen LogP contribution in [0.1, 0.15) is 52.2 Å². The van der Waals surface area contributed by atoms with Crippen LogP contribution < -0.4 is 4.90 Å². The van der Waals surface area contributed by atoms with Crippen LogP contribution in [0.25, 0.3) is 0 Å². The standard InChI is InChI=1S/C22H23F3N2O4/c1-19(2,3)30-14-9-20(4)15-16(21(14,5)31-20)18(29)27(17(15)28)12-7-6-11(10-26)13(8-12)22(23,24)25/h6-8,14-16H,9H2,1-5H3/t14-,15+,16-,20+,21-/m0/s1. The molecule has 0 saturated carbocycles. The van der Waals surface area contributed by atoms with Gasteiger partial charge in [-0.1, -0.05) is 0 Å². The van der Waals surface area contributed by atoms with Crippen LogP contribution in [0.15, 0.2) is 18.2 Å². The maximum Gasteiger partial charge on any atom is 0.417 e. The normalized spacial score (nSPS) is 34.9. The van der Waals surface area contributed by atoms with Gasteiger partial charge in [-0.2, -0.15) is 18.4 Å². The monoisotopic (exact) mass is 436 g/mol. The van der Waals surface area contributed by atoms with Crippen molar-refractivity contribution in [3.63, 3.8) is 0 Å². The topological polar surface area (TPSA) is 79.6 Å². The highest BCUT2D eigenvalue weighted by Crippen LogP contribution is 2.62. The molecule has 0 spiro atoms. The summed E-state index contributed by atoms with van der Waals surface area (Å²) in [5, 5.41) is 9.01. The first-order valence-electron chi connectivity index (χ1n) is 9.99. The van der Waals surface area contributed by atoms with Crippen molar-refractivity contribution in [1.29, 1.82) is 5.26 Å². The molecule has 2 amide bonds. The summed E-state index contributed by atoms with van der Waals surface area (Å²) < 4.78 is 52.6. The van der Waals surface area contributed by atoms with Crippen LogP contribution >= 0.6 is 0 Å². The molecule has 0 radical (unpaired) electrons. The summed E-state index contributed by atoms with van der Waals surface area (Å²) in [4.78, 5) is 27.5. The van der Waals surface area contributed by atoms with Crippen LogP contribution in [-0.4, -0.2) is 34.7 Å². The first-order chi connectivity index (χ1) is 14.1. The number of alkyl halides is 3. The maximum absolute atomic E-state index is 13.4. The van der Waals surface area contributed by atoms with Crippen molar-refractivity contribution in [2.45, 2.75) is 70.1 Å². The Labute approximate surface area is 177 Å². The largest absolute Gasteiger partial charge is 0.417 e. The number of carbonyl (C=O) groups is 2. The number of anilines is 1. The quantitative estimate of drug-likeness (QED) is 0.659. The zero-order chi connectivity index (χ0) is 23.1. The van der Waals surface area contributed by atoms with Crippen LogP contribution in [0.5, 0.6) is 0 Å². The Morgan fingerprint density at radius 1 is 1.16 bits per heavy atom. The van der Waals surface area contributed by atoms with Gasteiger partial charge in [0.2, 0.25) is 11.8 Å². The molecule has 2 bridgehead atoms. The van der Waals surface area contributed by atoms with Gasteiger partial charge in [0.25, 0.3) is 0 Å². The molecule has 0 N–H and O–H groups in total. The molecule has 0 unspecified atom stereocenters. The van der Waals surface area contributed by atoms with Crippen molar-refractivity contribution in [3.05, 3.63) is 29.3 Å². The summed E-state index contributed by atoms with van der Waals surface area (Å²) in [6, 6.07) is 4.36. The summed E-state index contributed by atoms with van der Waals surface area (Å²) in [6.07, 6.45) is -4.84. The number of nitriles is 1. The van der Waals surface area contributed by atoms with Gasteiger partial charge in [-0.05, 0) is 52.8 Å². The second-order valence-corrected chi connectivity index (χ2v) is 9.83. The Balaban J connectivity index is 1.76. The first kappa shape index (κ1) is 21.8. The predicted octanol–water partition coefficient (Wildman–Crippen LogP) is 3.82. The molecule has 4 rings (SSSR count). The van der Waals surface area contributed by atoms with Gasteiger partial charge >= 0.3 is 6.18 Å². The minimum absolute atomic E-state index is 0.199. The average molecular weight is 436 g/mol. The van der Waals surface area contributed by atoms with Gasteiger partial charge in [0.15, 0.2) is 0 Å². The summed E-state index contributed by atoms with van der Waals surface area (Å²) in [5.41, 5.74) is -4.50. The number of imide groups is 1. The average Bonchev–Trinajstić information content (AvgIpc) is 3.13. The number of carbonyl (C=O) groups excluding carboxylic acids is 2. The van der Waals surface area contributed by atoms with E-state index in [1.165, 1.54) is 12.1 Å². The van der Waals surface area contributed by atoms with Crippen LogP contribution in [0.3, 0.4) is 0 Å². The van der Waals surface area contributed by atoms with Gasteiger partial charge < -0.3 is 9.47 Å². The third-order valence-corrected chi connectivity index (χ3v) is 6.45. The molecule has 0 aromatic heterocycles. The van der Waals surface area contributed by atoms with Crippen LogP contribution in [0.4, 0.5) is 18.9 Å². The molecule has 0 aliphatic carbocycles. The van der Waals surface area contributed by atoms with E-state index in [0.717, 1.165) is 11.0 Å². The molecule has 6 nitrogen and oxygen atoms in total. The lowest BCUT2D eigenvalue weighted by molar-refractivity contribution is -0.151. The van der Waals surface area contributed by atoms with E-state index < -0.39 is 63.9 Å². The fourth-order valence-corrected chi connectivity index (χ4v) is 5.34. The summed E-state index contributed by atoms with van der Waals surface area (Å²) in [6.45, 7) is 9.12. The van der Waals surface area contributed by atoms with Gasteiger partial charge in [-0.15, -0.1) is 0 Å². The molecule has 1 aromatic rings. The zero-order valence-electron chi connectivity index (χ0n) is 17.8. The maximum atomic E-state index is 13.4. The highest BCUT2D eigenvalue weighted by Gasteiger charge is 2.76. The molecule has 3 aliphatic rings. The van der Waals surface area contributed by atoms with E-state index in [1.807, 2.05) is 20.8 Å². The lowest BCUT2D eigenvalue weighted by atomic mass is 9.67. The Kier molecular flexibility index (Phi) is 4.42. The van der Waals surface area contributed by atoms with E-state index in [-0.39, 0.29) is 5.69 Å². The minimum Gasteiger partial charge on any atom is -0.370 e. The van der Waals surface area contributed by atoms with Gasteiger partial charge in [0, 0.05) is 6.42 Å². The molecular formula is C22H23F3N2O4. The number of hydrogen-bond donors (Lipinski definition) is 0. The minimum atomic E-state index is -4.80. The molecule has 9 heteroatoms. The molecule has 31 heavy (non-hydrogen) atoms. The van der Waals surface area contributed by atoms with Crippen molar-refractivity contribution in [2.75, 3.05) is 4.90 Å². The summed E-state index contributed by atoms with van der Waals surface area (Å²) >= 11 is 0. The van der Waals surface area contributed by atoms with Gasteiger partial charge in [0.05, 0.1) is 52.0 Å². The third kappa shape index (κ3) is 3.07. The summed E-state index contributed by atoms with van der Waals surface area (Å²) in [5.74, 6) is -2.87. The van der Waals surface area contributed by atoms with Crippen LogP contribution in [0, 0.1) is 23.2 Å². The highest BCUT2D eigenvalue weighted by molar-refractivity contribution is 6.23. The van der Waals surface area contributed by atoms with Gasteiger partial charge in [0.1, 0.15) is 5.60 Å². The van der Waals surface area contributed by atoms with Crippen LogP contribution in [-0.2, 0) is 25.2 Å². The van der Waals surface area contributed by atoms with Crippen molar-refractivity contribution >= 4 is 17.5 Å². The smallest absolute Gasteiger partial charge is 0.370 e. The molecule has 3 heterocycles. The molecule has 3 saturated heterocycles. The van der Waals surface area contributed by atoms with Gasteiger partial charge in [-0.3, -0.25) is 9.59 Å². The number of ether oxygens (including phenoxy) is 2. The number of halogens is 3. The van der Waals surface area contributed by atoms with Crippen molar-refractivity contribution in [1.82, 2.24) is 0 Å². The number of fused-ring (bicyclic) bond motifs is 5. The number of amides is 2. The molecule has 166 valence electrons. The first-order valence-corrected chi connectivity index (χ1v) is 9.99. The number of hydrogen-bond acceptors (Lipinski definition) is 5. The fraction of sp³-hybridized carbons (Fsp3) is 0.591. The third-order valence-electron chi connectivity index (χ3n) is 6.45. The number of nitrogens with zero attached hydrogens (tertiary/aromatic N) is 2. The highest BCUT2D eigenvalue weighted by atomic mass is 19.4. The number of benzene rings is 1. The molecule has 3 aliphatic heterocycles. The second-order valence-electron chi connectivity index (χ2n) is 9.83. The fourth-order valence-electron chi connectivity index (χ4n) is 5.34. The molecule has 3 fully saturated rings. The Morgan fingerprint density at radius 2 is 1.77 bits per heavy atom.